The number of hydrogen-bond acceptors (Lipinski definition) is 4. The van der Waals surface area contributed by atoms with Gasteiger partial charge in [-0.05, 0) is 38.1 Å². The zero-order valence-corrected chi connectivity index (χ0v) is 16.1. The van der Waals surface area contributed by atoms with Crippen molar-refractivity contribution in [2.45, 2.75) is 25.2 Å². The third-order valence-corrected chi connectivity index (χ3v) is 5.01. The summed E-state index contributed by atoms with van der Waals surface area (Å²) >= 11 is 0. The van der Waals surface area contributed by atoms with E-state index in [2.05, 4.69) is 21.9 Å². The Balaban J connectivity index is 1.94. The summed E-state index contributed by atoms with van der Waals surface area (Å²) < 4.78 is 31.8. The summed E-state index contributed by atoms with van der Waals surface area (Å²) in [7, 11) is -3.54. The Hall–Kier alpha value is -2.82. The van der Waals surface area contributed by atoms with E-state index in [0.29, 0.717) is 17.7 Å². The third-order valence-electron chi connectivity index (χ3n) is 3.54. The second-order valence-electron chi connectivity index (χ2n) is 5.65. The first kappa shape index (κ1) is 20.5. The molecule has 0 aliphatic carbocycles. The summed E-state index contributed by atoms with van der Waals surface area (Å²) in [4.78, 5) is 11.8. The number of para-hydroxylation sites is 1. The molecule has 0 aliphatic rings. The molecule has 6 nitrogen and oxygen atoms in total. The van der Waals surface area contributed by atoms with E-state index in [4.69, 9.17) is 4.74 Å². The number of anilines is 1. The van der Waals surface area contributed by atoms with Crippen molar-refractivity contribution in [2.75, 3.05) is 18.5 Å². The van der Waals surface area contributed by atoms with Crippen molar-refractivity contribution in [3.63, 3.8) is 0 Å². The molecule has 0 spiro atoms. The molecule has 0 saturated carbocycles. The van der Waals surface area contributed by atoms with Crippen LogP contribution in [0.2, 0.25) is 0 Å². The number of carbonyl (C=O) groups is 1. The second kappa shape index (κ2) is 9.76. The molecule has 0 fully saturated rings. The van der Waals surface area contributed by atoms with Crippen LogP contribution in [0.5, 0.6) is 0 Å². The van der Waals surface area contributed by atoms with Crippen LogP contribution in [0.4, 0.5) is 10.5 Å². The van der Waals surface area contributed by atoms with Crippen molar-refractivity contribution in [3.05, 3.63) is 59.7 Å². The van der Waals surface area contributed by atoms with Gasteiger partial charge in [0.2, 0.25) is 10.0 Å². The number of carbonyl (C=O) groups excluding carboxylic acids is 1. The minimum atomic E-state index is -3.54. The molecular weight excluding hydrogens is 364 g/mol. The van der Waals surface area contributed by atoms with Gasteiger partial charge in [-0.3, -0.25) is 5.32 Å². The molecule has 0 bridgehead atoms. The van der Waals surface area contributed by atoms with Gasteiger partial charge in [-0.15, -0.1) is 0 Å². The molecule has 1 amide bonds. The van der Waals surface area contributed by atoms with Crippen LogP contribution in [-0.4, -0.2) is 27.7 Å². The van der Waals surface area contributed by atoms with Gasteiger partial charge in [0.1, 0.15) is 0 Å². The lowest BCUT2D eigenvalue weighted by molar-refractivity contribution is 0.168. The summed E-state index contributed by atoms with van der Waals surface area (Å²) in [6.45, 7) is 4.09. The van der Waals surface area contributed by atoms with E-state index in [1.807, 2.05) is 6.92 Å². The summed E-state index contributed by atoms with van der Waals surface area (Å²) in [5, 5.41) is 2.63. The van der Waals surface area contributed by atoms with Crippen molar-refractivity contribution < 1.29 is 17.9 Å². The van der Waals surface area contributed by atoms with Gasteiger partial charge in [-0.2, -0.15) is 0 Å². The predicted octanol–water partition coefficient (Wildman–Crippen LogP) is 3.28. The number of sulfonamides is 1. The molecule has 0 saturated heterocycles. The highest BCUT2D eigenvalue weighted by atomic mass is 32.2. The number of benzene rings is 2. The molecule has 0 radical (unpaired) electrons. The zero-order valence-electron chi connectivity index (χ0n) is 15.3. The van der Waals surface area contributed by atoms with E-state index in [1.54, 1.807) is 55.5 Å². The predicted molar refractivity (Wildman–Crippen MR) is 105 cm³/mol. The quantitative estimate of drug-likeness (QED) is 0.589. The maximum atomic E-state index is 12.2. The van der Waals surface area contributed by atoms with Crippen LogP contribution in [-0.2, 0) is 14.8 Å². The molecule has 0 unspecified atom stereocenters. The molecule has 2 N–H and O–H groups in total. The fourth-order valence-corrected chi connectivity index (χ4v) is 3.22. The van der Waals surface area contributed by atoms with Crippen LogP contribution >= 0.6 is 0 Å². The average Bonchev–Trinajstić information content (AvgIpc) is 2.63. The lowest BCUT2D eigenvalue weighted by atomic mass is 10.2. The molecule has 0 heterocycles. The van der Waals surface area contributed by atoms with Gasteiger partial charge in [0.25, 0.3) is 0 Å². The fraction of sp³-hybridized carbons (Fsp3) is 0.250. The minimum Gasteiger partial charge on any atom is -0.450 e. The van der Waals surface area contributed by atoms with Crippen molar-refractivity contribution >= 4 is 21.8 Å². The zero-order chi connectivity index (χ0) is 19.7. The Labute approximate surface area is 160 Å². The SMILES string of the molecule is CCOC(=O)Nc1ccccc1C#CCCNS(=O)(=O)c1ccc(C)cc1. The molecule has 0 aromatic heterocycles. The second-order valence-corrected chi connectivity index (χ2v) is 7.42. The Kier molecular flexibility index (Phi) is 7.41. The fourth-order valence-electron chi connectivity index (χ4n) is 2.18. The number of nitrogens with one attached hydrogen (secondary N) is 2. The Bertz CT molecular complexity index is 942. The van der Waals surface area contributed by atoms with Gasteiger partial charge in [0, 0.05) is 18.5 Å². The lowest BCUT2D eigenvalue weighted by Gasteiger charge is -2.07. The van der Waals surface area contributed by atoms with Crippen molar-refractivity contribution in [1.29, 1.82) is 0 Å². The standard InChI is InChI=1S/C20H22N2O4S/c1-3-26-20(23)22-19-10-5-4-8-17(19)9-6-7-15-21-27(24,25)18-13-11-16(2)12-14-18/h4-5,8,10-14,21H,3,7,15H2,1-2H3,(H,22,23). The highest BCUT2D eigenvalue weighted by Gasteiger charge is 2.12. The van der Waals surface area contributed by atoms with E-state index in [9.17, 15) is 13.2 Å². The molecule has 2 rings (SSSR count). The van der Waals surface area contributed by atoms with Gasteiger partial charge < -0.3 is 4.74 Å². The smallest absolute Gasteiger partial charge is 0.411 e. The first-order chi connectivity index (χ1) is 12.9. The summed E-state index contributed by atoms with van der Waals surface area (Å²) in [6, 6.07) is 13.7. The Morgan fingerprint density at radius 2 is 1.81 bits per heavy atom. The summed E-state index contributed by atoms with van der Waals surface area (Å²) in [6.07, 6.45) is -0.212. The number of rotatable bonds is 6. The maximum absolute atomic E-state index is 12.2. The largest absolute Gasteiger partial charge is 0.450 e. The van der Waals surface area contributed by atoms with Gasteiger partial charge in [0.15, 0.2) is 0 Å². The molecule has 2 aromatic carbocycles. The van der Waals surface area contributed by atoms with Crippen LogP contribution < -0.4 is 10.0 Å². The Morgan fingerprint density at radius 1 is 1.11 bits per heavy atom. The normalized spacial score (nSPS) is 10.6. The molecule has 0 atom stereocenters. The van der Waals surface area contributed by atoms with Gasteiger partial charge in [-0.1, -0.05) is 41.7 Å². The monoisotopic (exact) mass is 386 g/mol. The lowest BCUT2D eigenvalue weighted by Crippen LogP contribution is -2.24. The van der Waals surface area contributed by atoms with E-state index in [0.717, 1.165) is 5.56 Å². The topological polar surface area (TPSA) is 84.5 Å². The van der Waals surface area contributed by atoms with Crippen LogP contribution in [0.1, 0.15) is 24.5 Å². The van der Waals surface area contributed by atoms with E-state index in [1.165, 1.54) is 0 Å². The molecule has 0 aliphatic heterocycles. The molecule has 142 valence electrons. The van der Waals surface area contributed by atoms with Crippen LogP contribution in [0.15, 0.2) is 53.4 Å². The van der Waals surface area contributed by atoms with E-state index in [-0.39, 0.29) is 18.0 Å². The van der Waals surface area contributed by atoms with Crippen LogP contribution in [0.3, 0.4) is 0 Å². The first-order valence-corrected chi connectivity index (χ1v) is 9.98. The highest BCUT2D eigenvalue weighted by molar-refractivity contribution is 7.89. The summed E-state index contributed by atoms with van der Waals surface area (Å²) in [5.41, 5.74) is 2.17. The number of ether oxygens (including phenoxy) is 1. The maximum Gasteiger partial charge on any atom is 0.411 e. The first-order valence-electron chi connectivity index (χ1n) is 8.50. The number of hydrogen-bond donors (Lipinski definition) is 2. The van der Waals surface area contributed by atoms with Gasteiger partial charge in [-0.25, -0.2) is 17.9 Å². The van der Waals surface area contributed by atoms with Crippen LogP contribution in [0.25, 0.3) is 0 Å². The highest BCUT2D eigenvalue weighted by Crippen LogP contribution is 2.14. The average molecular weight is 386 g/mol. The van der Waals surface area contributed by atoms with Crippen molar-refractivity contribution in [1.82, 2.24) is 4.72 Å². The number of amides is 1. The summed E-state index contributed by atoms with van der Waals surface area (Å²) in [5.74, 6) is 5.85. The van der Waals surface area contributed by atoms with Crippen molar-refractivity contribution in [3.8, 4) is 11.8 Å². The third kappa shape index (κ3) is 6.44. The molecule has 7 heteroatoms. The van der Waals surface area contributed by atoms with E-state index >= 15 is 0 Å². The number of aryl methyl sites for hydroxylation is 1. The van der Waals surface area contributed by atoms with Crippen LogP contribution in [0, 0.1) is 18.8 Å². The van der Waals surface area contributed by atoms with Crippen molar-refractivity contribution in [2.24, 2.45) is 0 Å². The molecule has 2 aromatic rings. The van der Waals surface area contributed by atoms with E-state index < -0.39 is 16.1 Å². The van der Waals surface area contributed by atoms with Gasteiger partial charge in [0.05, 0.1) is 17.2 Å². The molecular formula is C20H22N2O4S. The Morgan fingerprint density at radius 3 is 2.52 bits per heavy atom. The minimum absolute atomic E-state index is 0.191. The van der Waals surface area contributed by atoms with Gasteiger partial charge >= 0.3 is 6.09 Å². The molecule has 27 heavy (non-hydrogen) atoms.